The lowest BCUT2D eigenvalue weighted by Gasteiger charge is -2.27. The molecule has 11 heteroatoms. The van der Waals surface area contributed by atoms with Crippen molar-refractivity contribution in [1.82, 2.24) is 19.9 Å². The number of aliphatic hydroxyl groups is 2. The fraction of sp³-hybridized carbons (Fsp3) is 0.545. The number of aromatic nitrogens is 4. The van der Waals surface area contributed by atoms with Crippen molar-refractivity contribution in [3.63, 3.8) is 0 Å². The first-order valence-corrected chi connectivity index (χ1v) is 11.9. The molecule has 3 aromatic rings. The average molecular weight is 477 g/mol. The highest BCUT2D eigenvalue weighted by atomic mass is 32.1. The lowest BCUT2D eigenvalue weighted by molar-refractivity contribution is -0.0333. The van der Waals surface area contributed by atoms with E-state index < -0.39 is 30.6 Å². The first-order valence-electron chi connectivity index (χ1n) is 11.1. The van der Waals surface area contributed by atoms with Gasteiger partial charge in [0, 0.05) is 12.2 Å². The fourth-order valence-electron chi connectivity index (χ4n) is 4.46. The molecule has 0 saturated heterocycles. The van der Waals surface area contributed by atoms with E-state index in [0.29, 0.717) is 34.1 Å². The molecule has 0 aliphatic heterocycles. The number of pyridine rings is 1. The van der Waals surface area contributed by atoms with E-state index in [1.807, 2.05) is 19.9 Å². The summed E-state index contributed by atoms with van der Waals surface area (Å²) in [5.41, 5.74) is 2.92. The van der Waals surface area contributed by atoms with Crippen LogP contribution in [0.4, 0.5) is 20.5 Å². The maximum absolute atomic E-state index is 13.3. The minimum atomic E-state index is -2.72. The van der Waals surface area contributed by atoms with Gasteiger partial charge >= 0.3 is 0 Å². The van der Waals surface area contributed by atoms with Crippen LogP contribution in [-0.4, -0.2) is 60.9 Å². The van der Waals surface area contributed by atoms with Crippen molar-refractivity contribution >= 4 is 33.3 Å². The van der Waals surface area contributed by atoms with Gasteiger partial charge in [-0.05, 0) is 45.6 Å². The zero-order valence-electron chi connectivity index (χ0n) is 18.3. The fourth-order valence-corrected chi connectivity index (χ4v) is 5.57. The Balaban J connectivity index is 1.55. The van der Waals surface area contributed by atoms with Gasteiger partial charge in [0.25, 0.3) is 0 Å². The Bertz CT molecular complexity index is 1170. The average Bonchev–Trinajstić information content (AvgIpc) is 3.28. The molecule has 4 N–H and O–H groups in total. The van der Waals surface area contributed by atoms with Gasteiger partial charge in [-0.3, -0.25) is 4.98 Å². The topological polar surface area (TPSA) is 116 Å². The Morgan fingerprint density at radius 3 is 2.48 bits per heavy atom. The number of nitrogens with zero attached hydrogens (tertiary/aromatic N) is 4. The van der Waals surface area contributed by atoms with E-state index in [4.69, 9.17) is 4.98 Å². The van der Waals surface area contributed by atoms with Crippen molar-refractivity contribution < 1.29 is 19.0 Å². The van der Waals surface area contributed by atoms with Crippen LogP contribution < -0.4 is 10.6 Å². The van der Waals surface area contributed by atoms with Crippen LogP contribution in [0.25, 0.3) is 20.8 Å². The number of halogens is 2. The lowest BCUT2D eigenvalue weighted by atomic mass is 9.93. The van der Waals surface area contributed by atoms with Crippen LogP contribution in [-0.2, 0) is 0 Å². The van der Waals surface area contributed by atoms with Crippen LogP contribution in [0, 0.1) is 19.8 Å². The monoisotopic (exact) mass is 476 g/mol. The van der Waals surface area contributed by atoms with E-state index in [1.54, 1.807) is 6.20 Å². The summed E-state index contributed by atoms with van der Waals surface area (Å²) < 4.78 is 27.7. The van der Waals surface area contributed by atoms with E-state index in [2.05, 4.69) is 25.6 Å². The number of alkyl halides is 2. The second-order valence-corrected chi connectivity index (χ2v) is 9.89. The van der Waals surface area contributed by atoms with Crippen LogP contribution in [0.15, 0.2) is 12.3 Å². The number of nitrogens with one attached hydrogen (secondary N) is 2. The Morgan fingerprint density at radius 1 is 1.06 bits per heavy atom. The summed E-state index contributed by atoms with van der Waals surface area (Å²) in [5, 5.41) is 27.7. The molecule has 3 aromatic heterocycles. The summed E-state index contributed by atoms with van der Waals surface area (Å²) in [7, 11) is 0. The summed E-state index contributed by atoms with van der Waals surface area (Å²) in [6.45, 7) is 3.74. The normalized spacial score (nSPS) is 25.5. The van der Waals surface area contributed by atoms with Gasteiger partial charge in [0.2, 0.25) is 12.4 Å². The van der Waals surface area contributed by atoms with Gasteiger partial charge in [-0.25, -0.2) is 18.7 Å². The highest BCUT2D eigenvalue weighted by Crippen LogP contribution is 2.39. The van der Waals surface area contributed by atoms with Gasteiger partial charge in [0.15, 0.2) is 0 Å². The summed E-state index contributed by atoms with van der Waals surface area (Å²) >= 11 is 1.47. The lowest BCUT2D eigenvalue weighted by Crippen LogP contribution is -2.36. The van der Waals surface area contributed by atoms with E-state index in [-0.39, 0.29) is 6.42 Å². The van der Waals surface area contributed by atoms with Gasteiger partial charge in [-0.1, -0.05) is 0 Å². The SMILES string of the molecule is Cc1nc(NC2CCC2)nc(N[C@@H]2C[C@H](C(F)F)[C@@H](O)[C@H]2O)c1-c1nc2c(C)nccc2s1. The second kappa shape index (κ2) is 8.69. The molecule has 2 fully saturated rings. The Hall–Kier alpha value is -2.50. The molecule has 2 aliphatic rings. The van der Waals surface area contributed by atoms with Crippen molar-refractivity contribution in [1.29, 1.82) is 0 Å². The molecule has 176 valence electrons. The molecular formula is C22H26F2N6O2S. The molecule has 3 heterocycles. The number of aliphatic hydroxyl groups excluding tert-OH is 2. The molecule has 0 spiro atoms. The van der Waals surface area contributed by atoms with E-state index in [1.165, 1.54) is 11.3 Å². The molecule has 33 heavy (non-hydrogen) atoms. The zero-order valence-corrected chi connectivity index (χ0v) is 19.1. The van der Waals surface area contributed by atoms with Crippen LogP contribution in [0.2, 0.25) is 0 Å². The summed E-state index contributed by atoms with van der Waals surface area (Å²) in [6.07, 6.45) is -0.662. The molecule has 0 radical (unpaired) electrons. The van der Waals surface area contributed by atoms with Gasteiger partial charge in [0.05, 0.1) is 39.7 Å². The predicted octanol–water partition coefficient (Wildman–Crippen LogP) is 3.52. The Morgan fingerprint density at radius 2 is 1.85 bits per heavy atom. The highest BCUT2D eigenvalue weighted by molar-refractivity contribution is 7.21. The summed E-state index contributed by atoms with van der Waals surface area (Å²) in [4.78, 5) is 18.3. The minimum absolute atomic E-state index is 0.0727. The van der Waals surface area contributed by atoms with Crippen molar-refractivity contribution in [2.45, 2.75) is 70.2 Å². The Kier molecular flexibility index (Phi) is 5.87. The summed E-state index contributed by atoms with van der Waals surface area (Å²) in [6, 6.07) is 1.42. The van der Waals surface area contributed by atoms with E-state index >= 15 is 0 Å². The third-order valence-electron chi connectivity index (χ3n) is 6.61. The molecule has 2 aliphatic carbocycles. The molecule has 5 rings (SSSR count). The third-order valence-corrected chi connectivity index (χ3v) is 7.64. The molecule has 0 amide bonds. The number of hydrogen-bond donors (Lipinski definition) is 4. The first kappa shape index (κ1) is 22.3. The minimum Gasteiger partial charge on any atom is -0.390 e. The van der Waals surface area contributed by atoms with E-state index in [9.17, 15) is 19.0 Å². The van der Waals surface area contributed by atoms with Gasteiger partial charge in [-0.2, -0.15) is 4.98 Å². The highest BCUT2D eigenvalue weighted by Gasteiger charge is 2.46. The van der Waals surface area contributed by atoms with Crippen LogP contribution in [0.1, 0.15) is 37.1 Å². The van der Waals surface area contributed by atoms with Crippen LogP contribution in [0.3, 0.4) is 0 Å². The molecular weight excluding hydrogens is 450 g/mol. The molecule has 0 unspecified atom stereocenters. The van der Waals surface area contributed by atoms with Gasteiger partial charge < -0.3 is 20.8 Å². The second-order valence-electron chi connectivity index (χ2n) is 8.86. The van der Waals surface area contributed by atoms with Crippen LogP contribution in [0.5, 0.6) is 0 Å². The standard InChI is InChI=1S/C22H26F2N6O2S/c1-9-15(21-29-16-10(2)25-7-6-14(16)33-21)20(30-22(26-9)27-11-4-3-5-11)28-13-8-12(19(23)24)17(31)18(13)32/h6-7,11-13,17-19,31-32H,3-5,8H2,1-2H3,(H2,26,27,28,30)/t12-,13+,17+,18-/m0/s1. The molecule has 0 aromatic carbocycles. The number of fused-ring (bicyclic) bond motifs is 1. The van der Waals surface area contributed by atoms with Crippen molar-refractivity contribution in [2.24, 2.45) is 5.92 Å². The zero-order chi connectivity index (χ0) is 23.3. The quantitative estimate of drug-likeness (QED) is 0.427. The van der Waals surface area contributed by atoms with Crippen molar-refractivity contribution in [3.8, 4) is 10.6 Å². The van der Waals surface area contributed by atoms with Crippen molar-refractivity contribution in [2.75, 3.05) is 10.6 Å². The molecule has 2 saturated carbocycles. The molecule has 8 nitrogen and oxygen atoms in total. The molecule has 4 atom stereocenters. The van der Waals surface area contributed by atoms with Gasteiger partial charge in [-0.15, -0.1) is 11.3 Å². The largest absolute Gasteiger partial charge is 0.390 e. The maximum atomic E-state index is 13.3. The predicted molar refractivity (Wildman–Crippen MR) is 123 cm³/mol. The third kappa shape index (κ3) is 4.13. The number of anilines is 2. The number of aryl methyl sites for hydroxylation is 2. The smallest absolute Gasteiger partial charge is 0.244 e. The molecule has 0 bridgehead atoms. The number of thiazole rings is 1. The summed E-state index contributed by atoms with van der Waals surface area (Å²) in [5.74, 6) is -0.450. The number of rotatable bonds is 6. The van der Waals surface area contributed by atoms with Crippen LogP contribution >= 0.6 is 11.3 Å². The maximum Gasteiger partial charge on any atom is 0.244 e. The van der Waals surface area contributed by atoms with E-state index in [0.717, 1.165) is 35.2 Å². The number of hydrogen-bond acceptors (Lipinski definition) is 9. The Labute approximate surface area is 193 Å². The van der Waals surface area contributed by atoms with Gasteiger partial charge in [0.1, 0.15) is 22.4 Å². The van der Waals surface area contributed by atoms with Crippen molar-refractivity contribution in [3.05, 3.63) is 23.7 Å². The first-order chi connectivity index (χ1) is 15.8.